The van der Waals surface area contributed by atoms with Crippen molar-refractivity contribution in [2.24, 2.45) is 0 Å². The van der Waals surface area contributed by atoms with E-state index < -0.39 is 6.10 Å². The Hall–Kier alpha value is -3.01. The molecular formula is C14H15N7O3. The van der Waals surface area contributed by atoms with Crippen molar-refractivity contribution in [3.05, 3.63) is 31.0 Å². The predicted molar refractivity (Wildman–Crippen MR) is 82.3 cm³/mol. The summed E-state index contributed by atoms with van der Waals surface area (Å²) in [4.78, 5) is 35.1. The van der Waals surface area contributed by atoms with E-state index in [0.717, 1.165) is 0 Å². The molecule has 0 bridgehead atoms. The van der Waals surface area contributed by atoms with E-state index in [9.17, 15) is 9.90 Å². The predicted octanol–water partition coefficient (Wildman–Crippen LogP) is -0.336. The number of nitrogens with zero attached hydrogens (tertiary/aromatic N) is 6. The van der Waals surface area contributed by atoms with Crippen molar-refractivity contribution < 1.29 is 14.3 Å². The van der Waals surface area contributed by atoms with Gasteiger partial charge in [0.25, 0.3) is 5.91 Å². The van der Waals surface area contributed by atoms with Crippen LogP contribution in [0.25, 0.3) is 11.2 Å². The number of fused-ring (bicyclic) bond motifs is 1. The third kappa shape index (κ3) is 2.56. The zero-order valence-corrected chi connectivity index (χ0v) is 12.7. The molecule has 124 valence electrons. The van der Waals surface area contributed by atoms with Crippen LogP contribution in [0, 0.1) is 0 Å². The molecule has 3 aromatic heterocycles. The van der Waals surface area contributed by atoms with Gasteiger partial charge in [-0.25, -0.2) is 19.9 Å². The lowest BCUT2D eigenvalue weighted by Gasteiger charge is -2.22. The van der Waals surface area contributed by atoms with Crippen molar-refractivity contribution in [1.29, 1.82) is 0 Å². The summed E-state index contributed by atoms with van der Waals surface area (Å²) >= 11 is 0. The van der Waals surface area contributed by atoms with Crippen LogP contribution in [-0.2, 0) is 0 Å². The number of aliphatic hydroxyl groups excluding tert-OH is 1. The van der Waals surface area contributed by atoms with E-state index in [0.29, 0.717) is 36.6 Å². The minimum atomic E-state index is -0.715. The molecule has 1 unspecified atom stereocenters. The molecule has 2 N–H and O–H groups in total. The molecule has 1 aliphatic heterocycles. The maximum Gasteiger partial charge on any atom is 0.291 e. The zero-order chi connectivity index (χ0) is 16.5. The van der Waals surface area contributed by atoms with Crippen LogP contribution in [-0.4, -0.2) is 73.1 Å². The molecule has 10 nitrogen and oxygen atoms in total. The van der Waals surface area contributed by atoms with Crippen LogP contribution < -0.4 is 4.90 Å². The third-order valence-electron chi connectivity index (χ3n) is 3.93. The molecule has 0 radical (unpaired) electrons. The van der Waals surface area contributed by atoms with E-state index >= 15 is 0 Å². The van der Waals surface area contributed by atoms with E-state index in [1.807, 2.05) is 4.90 Å². The number of carbonyl (C=O) groups excluding carboxylic acids is 1. The van der Waals surface area contributed by atoms with E-state index in [-0.39, 0.29) is 18.2 Å². The van der Waals surface area contributed by atoms with E-state index in [1.54, 1.807) is 11.2 Å². The lowest BCUT2D eigenvalue weighted by atomic mass is 10.3. The second-order valence-electron chi connectivity index (χ2n) is 5.52. The first-order valence-corrected chi connectivity index (χ1v) is 7.47. The molecule has 0 spiro atoms. The molecule has 1 aliphatic rings. The number of aromatic amines is 1. The van der Waals surface area contributed by atoms with E-state index in [1.165, 1.54) is 18.9 Å². The summed E-state index contributed by atoms with van der Waals surface area (Å²) in [5, 5.41) is 10.3. The average Bonchev–Trinajstić information content (AvgIpc) is 3.24. The summed E-state index contributed by atoms with van der Waals surface area (Å²) in [5.41, 5.74) is 1.27. The van der Waals surface area contributed by atoms with E-state index in [2.05, 4.69) is 24.9 Å². The van der Waals surface area contributed by atoms with Crippen molar-refractivity contribution >= 4 is 22.9 Å². The van der Waals surface area contributed by atoms with Gasteiger partial charge in [0.2, 0.25) is 5.76 Å². The standard InChI is InChI=1S/C14H15N7O3/c22-9-4-20(13-11-12(17-6-16-11)18-7-19-13)1-2-21(5-9)14(23)10-3-15-8-24-10/h3,6-9,22H,1-2,4-5H2,(H,16,17,18,19). The number of hydrogen-bond acceptors (Lipinski definition) is 8. The summed E-state index contributed by atoms with van der Waals surface area (Å²) in [6, 6.07) is 0. The van der Waals surface area contributed by atoms with Gasteiger partial charge in [-0.1, -0.05) is 0 Å². The molecule has 24 heavy (non-hydrogen) atoms. The molecule has 10 heteroatoms. The van der Waals surface area contributed by atoms with Crippen LogP contribution in [0.4, 0.5) is 5.82 Å². The number of rotatable bonds is 2. The zero-order valence-electron chi connectivity index (χ0n) is 12.7. The molecule has 1 atom stereocenters. The number of hydrogen-bond donors (Lipinski definition) is 2. The van der Waals surface area contributed by atoms with Gasteiger partial charge in [-0.2, -0.15) is 0 Å². The monoisotopic (exact) mass is 329 g/mol. The highest BCUT2D eigenvalue weighted by Crippen LogP contribution is 2.21. The van der Waals surface area contributed by atoms with Gasteiger partial charge in [-0.15, -0.1) is 0 Å². The summed E-state index contributed by atoms with van der Waals surface area (Å²) in [5.74, 6) is 0.530. The van der Waals surface area contributed by atoms with Crippen molar-refractivity contribution in [2.45, 2.75) is 6.10 Å². The number of H-pyrrole nitrogens is 1. The molecule has 1 amide bonds. The van der Waals surface area contributed by atoms with Gasteiger partial charge < -0.3 is 24.3 Å². The third-order valence-corrected chi connectivity index (χ3v) is 3.93. The fraction of sp³-hybridized carbons (Fsp3) is 0.357. The van der Waals surface area contributed by atoms with Gasteiger partial charge >= 0.3 is 0 Å². The van der Waals surface area contributed by atoms with E-state index in [4.69, 9.17) is 4.42 Å². The topological polar surface area (TPSA) is 124 Å². The normalized spacial score (nSPS) is 18.8. The van der Waals surface area contributed by atoms with Crippen LogP contribution in [0.1, 0.15) is 10.6 Å². The summed E-state index contributed by atoms with van der Waals surface area (Å²) in [6.45, 7) is 1.51. The molecule has 4 heterocycles. The molecular weight excluding hydrogens is 314 g/mol. The number of aromatic nitrogens is 5. The molecule has 3 aromatic rings. The maximum absolute atomic E-state index is 12.4. The number of nitrogens with one attached hydrogen (secondary N) is 1. The van der Waals surface area contributed by atoms with Crippen molar-refractivity contribution in [2.75, 3.05) is 31.1 Å². The van der Waals surface area contributed by atoms with Gasteiger partial charge in [0.1, 0.15) is 11.8 Å². The molecule has 4 rings (SSSR count). The Kier molecular flexibility index (Phi) is 3.58. The first-order valence-electron chi connectivity index (χ1n) is 7.47. The van der Waals surface area contributed by atoms with Gasteiger partial charge in [-0.3, -0.25) is 4.79 Å². The van der Waals surface area contributed by atoms with Crippen molar-refractivity contribution in [3.8, 4) is 0 Å². The number of aliphatic hydroxyl groups is 1. The highest BCUT2D eigenvalue weighted by atomic mass is 16.3. The quantitative estimate of drug-likeness (QED) is 0.654. The minimum Gasteiger partial charge on any atom is -0.438 e. The first-order chi connectivity index (χ1) is 11.7. The minimum absolute atomic E-state index is 0.161. The Bertz CT molecular complexity index is 847. The highest BCUT2D eigenvalue weighted by molar-refractivity contribution is 5.91. The second-order valence-corrected chi connectivity index (χ2v) is 5.52. The smallest absolute Gasteiger partial charge is 0.291 e. The molecule has 0 aliphatic carbocycles. The molecule has 0 aromatic carbocycles. The first kappa shape index (κ1) is 14.6. The van der Waals surface area contributed by atoms with Crippen LogP contribution in [0.2, 0.25) is 0 Å². The van der Waals surface area contributed by atoms with Crippen molar-refractivity contribution in [1.82, 2.24) is 29.8 Å². The van der Waals surface area contributed by atoms with Crippen LogP contribution in [0.5, 0.6) is 0 Å². The molecule has 1 fully saturated rings. The largest absolute Gasteiger partial charge is 0.438 e. The number of carbonyl (C=O) groups is 1. The highest BCUT2D eigenvalue weighted by Gasteiger charge is 2.28. The van der Waals surface area contributed by atoms with Gasteiger partial charge in [-0.05, 0) is 0 Å². The Labute approximate surface area is 136 Å². The van der Waals surface area contributed by atoms with Crippen LogP contribution >= 0.6 is 0 Å². The number of oxazole rings is 1. The van der Waals surface area contributed by atoms with Crippen LogP contribution in [0.15, 0.2) is 29.7 Å². The number of amides is 1. The number of anilines is 1. The second kappa shape index (κ2) is 5.89. The van der Waals surface area contributed by atoms with Gasteiger partial charge in [0.15, 0.2) is 17.9 Å². The Morgan fingerprint density at radius 1 is 1.29 bits per heavy atom. The molecule has 0 saturated carbocycles. The summed E-state index contributed by atoms with van der Waals surface area (Å²) < 4.78 is 5.05. The van der Waals surface area contributed by atoms with Gasteiger partial charge in [0, 0.05) is 26.2 Å². The fourth-order valence-corrected chi connectivity index (χ4v) is 2.84. The Balaban J connectivity index is 1.58. The van der Waals surface area contributed by atoms with Crippen LogP contribution in [0.3, 0.4) is 0 Å². The summed E-state index contributed by atoms with van der Waals surface area (Å²) in [7, 11) is 0. The Morgan fingerprint density at radius 2 is 2.21 bits per heavy atom. The maximum atomic E-state index is 12.4. The Morgan fingerprint density at radius 3 is 3.04 bits per heavy atom. The molecule has 1 saturated heterocycles. The lowest BCUT2D eigenvalue weighted by Crippen LogP contribution is -2.37. The average molecular weight is 329 g/mol. The number of imidazole rings is 1. The number of β-amino-alcohol motifs (C(OH)–C–C–N with tert-alkyl or cyclic N) is 1. The lowest BCUT2D eigenvalue weighted by molar-refractivity contribution is 0.0643. The van der Waals surface area contributed by atoms with Crippen molar-refractivity contribution in [3.63, 3.8) is 0 Å². The fourth-order valence-electron chi connectivity index (χ4n) is 2.84. The SMILES string of the molecule is O=C(c1cnco1)N1CCN(c2ncnc3nc[nH]c23)CC(O)C1. The summed E-state index contributed by atoms with van der Waals surface area (Å²) in [6.07, 6.45) is 4.86. The van der Waals surface area contributed by atoms with Gasteiger partial charge in [0.05, 0.1) is 18.6 Å².